The molecule has 2 aliphatic rings. The van der Waals surface area contributed by atoms with E-state index in [1.807, 2.05) is 32.9 Å². The Morgan fingerprint density at radius 3 is 2.24 bits per heavy atom. The Hall–Kier alpha value is -2.65. The number of rotatable bonds is 3. The van der Waals surface area contributed by atoms with Crippen LogP contribution < -0.4 is 5.73 Å². The first kappa shape index (κ1) is 18.7. The van der Waals surface area contributed by atoms with Gasteiger partial charge in [-0.25, -0.2) is 0 Å². The third-order valence-corrected chi connectivity index (χ3v) is 6.05. The second-order valence-electron chi connectivity index (χ2n) is 7.57. The molecule has 0 saturated heterocycles. The van der Waals surface area contributed by atoms with Crippen molar-refractivity contribution in [1.29, 1.82) is 15.8 Å². The van der Waals surface area contributed by atoms with E-state index in [-0.39, 0.29) is 41.2 Å². The average molecular weight is 338 g/mol. The van der Waals surface area contributed by atoms with Crippen molar-refractivity contribution in [2.75, 3.05) is 0 Å². The summed E-state index contributed by atoms with van der Waals surface area (Å²) in [5.41, 5.74) is 2.55. The first-order chi connectivity index (χ1) is 11.8. The van der Waals surface area contributed by atoms with Crippen molar-refractivity contribution < 1.29 is 9.59 Å². The van der Waals surface area contributed by atoms with E-state index < -0.39 is 16.7 Å². The Labute approximate surface area is 147 Å². The van der Waals surface area contributed by atoms with Crippen LogP contribution in [0.4, 0.5) is 0 Å². The van der Waals surface area contributed by atoms with Crippen molar-refractivity contribution in [2.24, 2.45) is 40.2 Å². The lowest BCUT2D eigenvalue weighted by atomic mass is 9.52. The fourth-order valence-corrected chi connectivity index (χ4v) is 4.61. The maximum absolute atomic E-state index is 13.3. The summed E-state index contributed by atoms with van der Waals surface area (Å²) >= 11 is 0. The first-order valence-electron chi connectivity index (χ1n) is 8.48. The van der Waals surface area contributed by atoms with Gasteiger partial charge in [0.1, 0.15) is 17.5 Å². The van der Waals surface area contributed by atoms with Gasteiger partial charge in [-0.2, -0.15) is 15.8 Å². The highest BCUT2D eigenvalue weighted by Crippen LogP contribution is 2.61. The molecule has 0 aromatic rings. The zero-order valence-electron chi connectivity index (χ0n) is 14.7. The Balaban J connectivity index is 2.77. The third kappa shape index (κ3) is 2.27. The summed E-state index contributed by atoms with van der Waals surface area (Å²) in [6.45, 7) is 5.74. The molecule has 2 rings (SSSR count). The van der Waals surface area contributed by atoms with Crippen molar-refractivity contribution in [1.82, 2.24) is 0 Å². The van der Waals surface area contributed by atoms with Gasteiger partial charge in [-0.3, -0.25) is 9.59 Å². The van der Waals surface area contributed by atoms with Crippen LogP contribution in [0.3, 0.4) is 0 Å². The van der Waals surface area contributed by atoms with Crippen LogP contribution in [0.5, 0.6) is 0 Å². The number of hydrogen-bond donors (Lipinski definition) is 1. The molecule has 6 heteroatoms. The number of nitrogens with zero attached hydrogens (tertiary/aromatic N) is 3. The number of ketones is 1. The molecule has 130 valence electrons. The molecular weight excluding hydrogens is 316 g/mol. The number of carbonyl (C=O) groups excluding carboxylic acids is 2. The Morgan fingerprint density at radius 1 is 1.20 bits per heavy atom. The highest BCUT2D eigenvalue weighted by atomic mass is 16.1. The molecule has 4 atom stereocenters. The number of hydrogen-bond acceptors (Lipinski definition) is 6. The number of aldehydes is 1. The van der Waals surface area contributed by atoms with E-state index >= 15 is 0 Å². The van der Waals surface area contributed by atoms with Gasteiger partial charge in [0, 0.05) is 29.5 Å². The Kier molecular flexibility index (Phi) is 4.74. The van der Waals surface area contributed by atoms with Gasteiger partial charge in [0.25, 0.3) is 0 Å². The van der Waals surface area contributed by atoms with E-state index in [1.165, 1.54) is 0 Å². The molecule has 0 aromatic carbocycles. The van der Waals surface area contributed by atoms with Crippen LogP contribution >= 0.6 is 0 Å². The van der Waals surface area contributed by atoms with Gasteiger partial charge in [0.2, 0.25) is 0 Å². The van der Waals surface area contributed by atoms with Crippen LogP contribution in [0.2, 0.25) is 0 Å². The van der Waals surface area contributed by atoms with Gasteiger partial charge in [-0.1, -0.05) is 20.8 Å². The Morgan fingerprint density at radius 2 is 1.80 bits per heavy atom. The lowest BCUT2D eigenvalue weighted by Crippen LogP contribution is -2.53. The van der Waals surface area contributed by atoms with Gasteiger partial charge in [-0.05, 0) is 24.7 Å². The van der Waals surface area contributed by atoms with Gasteiger partial charge in [-0.15, -0.1) is 0 Å². The number of nitrogens with two attached hydrogens (primary N) is 1. The SMILES string of the molecule is CC(C)[C@H]1CC[C@H](C)[C@@H]([C@]2(C#N)C(N)=C(C=O)CC2(C#N)C#N)C1=O. The van der Waals surface area contributed by atoms with E-state index in [0.29, 0.717) is 19.1 Å². The summed E-state index contributed by atoms with van der Waals surface area (Å²) in [5.74, 6) is -1.34. The summed E-state index contributed by atoms with van der Waals surface area (Å²) < 4.78 is 0. The molecule has 2 aliphatic carbocycles. The van der Waals surface area contributed by atoms with Crippen LogP contribution in [-0.4, -0.2) is 12.1 Å². The first-order valence-corrected chi connectivity index (χ1v) is 8.48. The second kappa shape index (κ2) is 6.34. The summed E-state index contributed by atoms with van der Waals surface area (Å²) in [6.07, 6.45) is 1.70. The summed E-state index contributed by atoms with van der Waals surface area (Å²) in [4.78, 5) is 24.7. The molecule has 0 heterocycles. The van der Waals surface area contributed by atoms with Crippen molar-refractivity contribution in [3.8, 4) is 18.2 Å². The molecule has 6 nitrogen and oxygen atoms in total. The molecule has 0 unspecified atom stereocenters. The predicted octanol–water partition coefficient (Wildman–Crippen LogP) is 2.23. The van der Waals surface area contributed by atoms with Crippen LogP contribution in [0, 0.1) is 68.5 Å². The number of nitriles is 3. The van der Waals surface area contributed by atoms with Crippen LogP contribution in [0.1, 0.15) is 40.0 Å². The highest BCUT2D eigenvalue weighted by molar-refractivity contribution is 5.88. The van der Waals surface area contributed by atoms with E-state index in [4.69, 9.17) is 5.73 Å². The van der Waals surface area contributed by atoms with E-state index in [0.717, 1.165) is 0 Å². The molecule has 25 heavy (non-hydrogen) atoms. The zero-order chi connectivity index (χ0) is 19.0. The number of carbonyl (C=O) groups is 2. The maximum atomic E-state index is 13.3. The fraction of sp³-hybridized carbons (Fsp3) is 0.632. The molecule has 0 aliphatic heterocycles. The molecule has 0 bridgehead atoms. The lowest BCUT2D eigenvalue weighted by molar-refractivity contribution is -0.138. The van der Waals surface area contributed by atoms with Gasteiger partial charge in [0.05, 0.1) is 18.2 Å². The third-order valence-electron chi connectivity index (χ3n) is 6.05. The minimum absolute atomic E-state index is 0.0799. The Bertz CT molecular complexity index is 748. The largest absolute Gasteiger partial charge is 0.400 e. The van der Waals surface area contributed by atoms with Crippen LogP contribution in [0.25, 0.3) is 0 Å². The topological polar surface area (TPSA) is 132 Å². The summed E-state index contributed by atoms with van der Waals surface area (Å²) in [7, 11) is 0. The van der Waals surface area contributed by atoms with E-state index in [9.17, 15) is 25.4 Å². The average Bonchev–Trinajstić information content (AvgIpc) is 2.84. The van der Waals surface area contributed by atoms with Crippen molar-refractivity contribution in [3.05, 3.63) is 11.3 Å². The highest BCUT2D eigenvalue weighted by Gasteiger charge is 2.68. The van der Waals surface area contributed by atoms with E-state index in [2.05, 4.69) is 6.07 Å². The van der Waals surface area contributed by atoms with Gasteiger partial charge >= 0.3 is 0 Å². The number of Topliss-reactive ketones (excluding diaryl/α,β-unsaturated/α-hetero) is 1. The van der Waals surface area contributed by atoms with Gasteiger partial charge < -0.3 is 5.73 Å². The quantitative estimate of drug-likeness (QED) is 0.785. The van der Waals surface area contributed by atoms with Crippen LogP contribution in [-0.2, 0) is 9.59 Å². The normalized spacial score (nSPS) is 34.3. The standard InChI is InChI=1S/C19H22N4O2/c1-11(2)14-5-4-12(3)15(16(14)25)19(10-22)17(23)13(7-24)6-18(19,8-20)9-21/h7,11-12,14-15H,4-6,23H2,1-3H3/t12-,14+,15+,19+/m0/s1. The molecular formula is C19H22N4O2. The molecule has 1 fully saturated rings. The molecule has 2 N–H and O–H groups in total. The second-order valence-corrected chi connectivity index (χ2v) is 7.57. The van der Waals surface area contributed by atoms with Crippen molar-refractivity contribution >= 4 is 12.1 Å². The van der Waals surface area contributed by atoms with Crippen LogP contribution in [0.15, 0.2) is 11.3 Å². The maximum Gasteiger partial charge on any atom is 0.172 e. The summed E-state index contributed by atoms with van der Waals surface area (Å²) in [5, 5.41) is 29.6. The van der Waals surface area contributed by atoms with E-state index in [1.54, 1.807) is 0 Å². The monoisotopic (exact) mass is 338 g/mol. The minimum Gasteiger partial charge on any atom is -0.400 e. The molecule has 0 amide bonds. The molecule has 0 spiro atoms. The predicted molar refractivity (Wildman–Crippen MR) is 88.8 cm³/mol. The smallest absolute Gasteiger partial charge is 0.172 e. The molecule has 0 radical (unpaired) electrons. The zero-order valence-corrected chi connectivity index (χ0v) is 14.7. The summed E-state index contributed by atoms with van der Waals surface area (Å²) in [6, 6.07) is 5.93. The fourth-order valence-electron chi connectivity index (χ4n) is 4.61. The number of allylic oxidation sites excluding steroid dienone is 2. The lowest BCUT2D eigenvalue weighted by Gasteiger charge is -2.45. The molecule has 0 aromatic heterocycles. The van der Waals surface area contributed by atoms with Crippen molar-refractivity contribution in [2.45, 2.75) is 40.0 Å². The molecule has 1 saturated carbocycles. The minimum atomic E-state index is -1.82. The van der Waals surface area contributed by atoms with Crippen molar-refractivity contribution in [3.63, 3.8) is 0 Å². The van der Waals surface area contributed by atoms with Gasteiger partial charge in [0.15, 0.2) is 5.41 Å².